The average Bonchev–Trinajstić information content (AvgIpc) is 3.44. The number of hydrogen-bond donors (Lipinski definition) is 2. The molecule has 8 rings (SSSR count). The first-order valence-electron chi connectivity index (χ1n) is 19.4. The van der Waals surface area contributed by atoms with Gasteiger partial charge >= 0.3 is 0 Å². The minimum absolute atomic E-state index is 0.0926. The summed E-state index contributed by atoms with van der Waals surface area (Å²) < 4.78 is 19.9. The maximum atomic E-state index is 13.8. The number of hydrogen-bond acceptors (Lipinski definition) is 8. The molecule has 0 radical (unpaired) electrons. The van der Waals surface area contributed by atoms with Crippen molar-refractivity contribution in [1.29, 1.82) is 0 Å². The van der Waals surface area contributed by atoms with E-state index < -0.39 is 17.9 Å². The van der Waals surface area contributed by atoms with Gasteiger partial charge in [0.25, 0.3) is 11.8 Å². The highest BCUT2D eigenvalue weighted by Gasteiger charge is 2.44. The van der Waals surface area contributed by atoms with Crippen molar-refractivity contribution in [3.63, 3.8) is 0 Å². The van der Waals surface area contributed by atoms with Gasteiger partial charge in [-0.05, 0) is 122 Å². The first-order valence-corrected chi connectivity index (χ1v) is 19.4. The predicted molar refractivity (Wildman–Crippen MR) is 207 cm³/mol. The second kappa shape index (κ2) is 15.7. The number of phenols is 1. The number of phenolic OH excluding ortho intramolecular Hbond substituents is 1. The van der Waals surface area contributed by atoms with Crippen molar-refractivity contribution < 1.29 is 28.6 Å². The summed E-state index contributed by atoms with van der Waals surface area (Å²) in [5.74, 6) is 0.555. The Morgan fingerprint density at radius 1 is 0.836 bits per heavy atom. The lowest BCUT2D eigenvalue weighted by Crippen LogP contribution is -2.51. The van der Waals surface area contributed by atoms with Crippen LogP contribution in [-0.2, 0) is 11.2 Å². The number of aromatic hydroxyl groups is 1. The van der Waals surface area contributed by atoms with Crippen LogP contribution in [-0.4, -0.2) is 83.0 Å². The number of aryl methyl sites for hydroxylation is 1. The maximum Gasteiger partial charge on any atom is 0.263 e. The fourth-order valence-corrected chi connectivity index (χ4v) is 8.67. The van der Waals surface area contributed by atoms with Crippen molar-refractivity contribution in [2.24, 2.45) is 0 Å². The molecule has 0 saturated carbocycles. The smallest absolute Gasteiger partial charge is 0.263 e. The molecule has 0 spiro atoms. The first kappa shape index (κ1) is 36.4. The number of aromatic nitrogens is 1. The van der Waals surface area contributed by atoms with Gasteiger partial charge in [0.1, 0.15) is 29.2 Å². The van der Waals surface area contributed by atoms with Gasteiger partial charge in [-0.2, -0.15) is 0 Å². The van der Waals surface area contributed by atoms with Crippen molar-refractivity contribution >= 4 is 23.5 Å². The number of carbonyl (C=O) groups excluding carboxylic acids is 3. The van der Waals surface area contributed by atoms with Gasteiger partial charge in [-0.15, -0.1) is 0 Å². The number of piperazine rings is 1. The van der Waals surface area contributed by atoms with E-state index >= 15 is 0 Å². The minimum Gasteiger partial charge on any atom is -0.508 e. The summed E-state index contributed by atoms with van der Waals surface area (Å²) in [5, 5.41) is 12.8. The van der Waals surface area contributed by atoms with Gasteiger partial charge in [-0.25, -0.2) is 9.37 Å². The van der Waals surface area contributed by atoms with Crippen LogP contribution in [0.3, 0.4) is 0 Å². The highest BCUT2D eigenvalue weighted by molar-refractivity contribution is 6.23. The Labute approximate surface area is 320 Å². The van der Waals surface area contributed by atoms with Crippen molar-refractivity contribution in [3.05, 3.63) is 130 Å². The van der Waals surface area contributed by atoms with Crippen molar-refractivity contribution in [1.82, 2.24) is 20.1 Å². The number of nitrogens with one attached hydrogen (secondary N) is 1. The second-order valence-corrected chi connectivity index (χ2v) is 15.1. The summed E-state index contributed by atoms with van der Waals surface area (Å²) in [6.07, 6.45) is 7.21. The van der Waals surface area contributed by atoms with E-state index in [1.165, 1.54) is 29.5 Å². The molecule has 3 atom stereocenters. The van der Waals surface area contributed by atoms with Gasteiger partial charge in [-0.1, -0.05) is 36.9 Å². The third-order valence-corrected chi connectivity index (χ3v) is 11.6. The summed E-state index contributed by atoms with van der Waals surface area (Å²) >= 11 is 0. The Hall–Kier alpha value is -5.55. The summed E-state index contributed by atoms with van der Waals surface area (Å²) in [6, 6.07) is 21.7. The van der Waals surface area contributed by atoms with Crippen LogP contribution in [0.2, 0.25) is 0 Å². The molecular formula is C44H46FN5O5. The molecule has 4 aliphatic rings. The standard InChI is InChI=1S/C44H46FN5O5/c1-28-5-18-39(42(52)47-28)50-43(53)37-26-40(46-27-38(37)44(50)54)49-22-20-48(21-23-49)19-3-2-4-24-55-34-14-8-30(9-15-34)41-35(29-6-11-32(45)12-7-29)16-10-31-25-33(51)13-17-36(31)41/h6-9,11-15,17,25-27,35,39,41,51H,1-5,10,16,18-24H2,(H,47,52)/t35-,39?,41+/m1/s1. The van der Waals surface area contributed by atoms with Gasteiger partial charge < -0.3 is 20.1 Å². The first-order chi connectivity index (χ1) is 26.7. The summed E-state index contributed by atoms with van der Waals surface area (Å²) in [5.41, 5.74) is 5.80. The number of allylic oxidation sites excluding steroid dienone is 1. The molecule has 10 nitrogen and oxygen atoms in total. The number of ether oxygens (including phenoxy) is 1. The zero-order valence-electron chi connectivity index (χ0n) is 30.9. The summed E-state index contributed by atoms with van der Waals surface area (Å²) in [6.45, 7) is 8.71. The molecule has 2 N–H and O–H groups in total. The van der Waals surface area contributed by atoms with Crippen LogP contribution in [0, 0.1) is 5.82 Å². The largest absolute Gasteiger partial charge is 0.508 e. The number of piperidine rings is 1. The van der Waals surface area contributed by atoms with Gasteiger partial charge in [0, 0.05) is 44.0 Å². The van der Waals surface area contributed by atoms with E-state index in [1.54, 1.807) is 12.1 Å². The van der Waals surface area contributed by atoms with Gasteiger partial charge in [0.05, 0.1) is 17.7 Å². The Morgan fingerprint density at radius 2 is 1.58 bits per heavy atom. The molecule has 2 fully saturated rings. The molecule has 1 aliphatic carbocycles. The minimum atomic E-state index is -0.837. The number of rotatable bonds is 11. The molecule has 3 aliphatic heterocycles. The number of imide groups is 1. The zero-order valence-corrected chi connectivity index (χ0v) is 30.9. The van der Waals surface area contributed by atoms with Crippen LogP contribution in [0.25, 0.3) is 0 Å². The van der Waals surface area contributed by atoms with Crippen LogP contribution in [0.4, 0.5) is 10.2 Å². The van der Waals surface area contributed by atoms with Crippen LogP contribution < -0.4 is 15.0 Å². The van der Waals surface area contributed by atoms with Crippen molar-refractivity contribution in [3.8, 4) is 11.5 Å². The highest BCUT2D eigenvalue weighted by Crippen LogP contribution is 2.47. The monoisotopic (exact) mass is 743 g/mol. The third kappa shape index (κ3) is 7.58. The Balaban J connectivity index is 0.786. The van der Waals surface area contributed by atoms with Gasteiger partial charge in [0.2, 0.25) is 5.91 Å². The molecule has 1 unspecified atom stereocenters. The number of benzene rings is 3. The number of anilines is 1. The molecule has 4 heterocycles. The number of carbonyl (C=O) groups is 3. The fourth-order valence-electron chi connectivity index (χ4n) is 8.67. The third-order valence-electron chi connectivity index (χ3n) is 11.6. The van der Waals surface area contributed by atoms with Crippen molar-refractivity contribution in [2.75, 3.05) is 44.2 Å². The quantitative estimate of drug-likeness (QED) is 0.131. The van der Waals surface area contributed by atoms with E-state index in [2.05, 4.69) is 38.8 Å². The molecule has 55 heavy (non-hydrogen) atoms. The zero-order chi connectivity index (χ0) is 38.1. The van der Waals surface area contributed by atoms with Gasteiger partial charge in [-0.3, -0.25) is 24.2 Å². The maximum absolute atomic E-state index is 13.8. The van der Waals surface area contributed by atoms with Crippen LogP contribution in [0.5, 0.6) is 11.5 Å². The topological polar surface area (TPSA) is 115 Å². The SMILES string of the molecule is C=C1CCC(N2C(=O)c3cnc(N4CCN(CCCCCOc5ccc([C@@H]6c7ccc(O)cc7CC[C@@H]6c6ccc(F)cc6)cc5)CC4)cc3C2=O)C(=O)N1. The van der Waals surface area contributed by atoms with E-state index in [9.17, 15) is 23.9 Å². The second-order valence-electron chi connectivity index (χ2n) is 15.1. The molecule has 284 valence electrons. The normalized spacial score (nSPS) is 21.4. The van der Waals surface area contributed by atoms with Gasteiger partial charge in [0.15, 0.2) is 0 Å². The number of unbranched alkanes of at least 4 members (excludes halogenated alkanes) is 2. The lowest BCUT2D eigenvalue weighted by Gasteiger charge is -2.35. The molecular weight excluding hydrogens is 698 g/mol. The van der Waals surface area contributed by atoms with Crippen LogP contribution in [0.1, 0.15) is 93.3 Å². The number of pyridine rings is 1. The van der Waals surface area contributed by atoms with Crippen molar-refractivity contribution in [2.45, 2.75) is 62.8 Å². The lowest BCUT2D eigenvalue weighted by atomic mass is 9.69. The molecule has 0 bridgehead atoms. The highest BCUT2D eigenvalue weighted by atomic mass is 19.1. The summed E-state index contributed by atoms with van der Waals surface area (Å²) in [7, 11) is 0. The molecule has 11 heteroatoms. The van der Waals surface area contributed by atoms with E-state index in [-0.39, 0.29) is 34.9 Å². The number of halogens is 1. The molecule has 3 amide bonds. The molecule has 4 aromatic rings. The van der Waals surface area contributed by atoms with Crippen LogP contribution in [0.15, 0.2) is 91.3 Å². The Morgan fingerprint density at radius 3 is 2.35 bits per heavy atom. The van der Waals surface area contributed by atoms with E-state index in [0.717, 1.165) is 86.6 Å². The van der Waals surface area contributed by atoms with Crippen LogP contribution >= 0.6 is 0 Å². The molecule has 3 aromatic carbocycles. The fraction of sp³-hybridized carbons (Fsp3) is 0.364. The van der Waals surface area contributed by atoms with E-state index in [4.69, 9.17) is 4.74 Å². The Bertz CT molecular complexity index is 2100. The molecule has 1 aromatic heterocycles. The van der Waals surface area contributed by atoms with E-state index in [0.29, 0.717) is 36.5 Å². The number of fused-ring (bicyclic) bond motifs is 2. The average molecular weight is 744 g/mol. The Kier molecular flexibility index (Phi) is 10.4. The molecule has 2 saturated heterocycles. The number of nitrogens with zero attached hydrogens (tertiary/aromatic N) is 4. The van der Waals surface area contributed by atoms with E-state index in [1.807, 2.05) is 36.4 Å². The summed E-state index contributed by atoms with van der Waals surface area (Å²) in [4.78, 5) is 49.1. The number of amides is 3. The lowest BCUT2D eigenvalue weighted by molar-refractivity contribution is -0.125. The predicted octanol–water partition coefficient (Wildman–Crippen LogP) is 6.55.